The Balaban J connectivity index is 3.39. The highest BCUT2D eigenvalue weighted by Crippen LogP contribution is 2.24. The molecule has 4 heteroatoms. The molecule has 0 aromatic heterocycles. The van der Waals surface area contributed by atoms with Gasteiger partial charge in [-0.1, -0.05) is 41.0 Å². The third-order valence-electron chi connectivity index (χ3n) is 3.63. The second-order valence-electron chi connectivity index (χ2n) is 6.62. The van der Waals surface area contributed by atoms with Crippen LogP contribution < -0.4 is 5.32 Å². The summed E-state index contributed by atoms with van der Waals surface area (Å²) in [7, 11) is 0. The Morgan fingerprint density at radius 3 is 2.30 bits per heavy atom. The molecule has 0 heterocycles. The van der Waals surface area contributed by atoms with Gasteiger partial charge >= 0.3 is 0 Å². The van der Waals surface area contributed by atoms with Gasteiger partial charge in [0.25, 0.3) is 0 Å². The maximum Gasteiger partial charge on any atom is 0.0897 e. The predicted octanol–water partition coefficient (Wildman–Crippen LogP) is 2.45. The van der Waals surface area contributed by atoms with Crippen molar-refractivity contribution in [3.8, 4) is 0 Å². The lowest BCUT2D eigenvalue weighted by Crippen LogP contribution is -2.36. The summed E-state index contributed by atoms with van der Waals surface area (Å²) in [4.78, 5) is 0. The number of hydrogen-bond donors (Lipinski definition) is 2. The molecule has 0 aromatic carbocycles. The first-order chi connectivity index (χ1) is 9.38. The van der Waals surface area contributed by atoms with E-state index in [1.54, 1.807) is 0 Å². The van der Waals surface area contributed by atoms with Gasteiger partial charge in [-0.25, -0.2) is 0 Å². The lowest BCUT2D eigenvalue weighted by molar-refractivity contribution is 0.00347. The second-order valence-corrected chi connectivity index (χ2v) is 6.62. The van der Waals surface area contributed by atoms with Gasteiger partial charge in [0.15, 0.2) is 0 Å². The van der Waals surface area contributed by atoms with Crippen molar-refractivity contribution in [2.45, 2.75) is 53.6 Å². The molecule has 0 aromatic rings. The molecule has 0 saturated heterocycles. The van der Waals surface area contributed by atoms with Crippen LogP contribution in [0.4, 0.5) is 0 Å². The van der Waals surface area contributed by atoms with Crippen LogP contribution in [0.2, 0.25) is 0 Å². The van der Waals surface area contributed by atoms with Gasteiger partial charge in [-0.3, -0.25) is 0 Å². The van der Waals surface area contributed by atoms with Crippen LogP contribution in [0.15, 0.2) is 0 Å². The van der Waals surface area contributed by atoms with E-state index in [0.29, 0.717) is 37.7 Å². The highest BCUT2D eigenvalue weighted by atomic mass is 16.5. The first kappa shape index (κ1) is 19.8. The van der Waals surface area contributed by atoms with E-state index in [9.17, 15) is 5.11 Å². The van der Waals surface area contributed by atoms with E-state index in [2.05, 4.69) is 39.9 Å². The predicted molar refractivity (Wildman–Crippen MR) is 84.0 cm³/mol. The third kappa shape index (κ3) is 11.6. The van der Waals surface area contributed by atoms with Crippen molar-refractivity contribution in [2.24, 2.45) is 11.3 Å². The summed E-state index contributed by atoms with van der Waals surface area (Å²) in [6.07, 6.45) is 1.80. The summed E-state index contributed by atoms with van der Waals surface area (Å²) >= 11 is 0. The van der Waals surface area contributed by atoms with Gasteiger partial charge in [0, 0.05) is 13.2 Å². The average Bonchev–Trinajstić information content (AvgIpc) is 2.36. The van der Waals surface area contributed by atoms with Crippen molar-refractivity contribution in [2.75, 3.05) is 39.5 Å². The lowest BCUT2D eigenvalue weighted by Gasteiger charge is -2.27. The number of hydrogen-bond acceptors (Lipinski definition) is 4. The molecule has 2 N–H and O–H groups in total. The van der Waals surface area contributed by atoms with E-state index >= 15 is 0 Å². The van der Waals surface area contributed by atoms with Crippen LogP contribution >= 0.6 is 0 Å². The Morgan fingerprint density at radius 2 is 1.70 bits per heavy atom. The van der Waals surface area contributed by atoms with Crippen molar-refractivity contribution in [3.05, 3.63) is 0 Å². The first-order valence-corrected chi connectivity index (χ1v) is 7.92. The zero-order chi connectivity index (χ0) is 15.4. The minimum absolute atomic E-state index is 0.296. The Labute approximate surface area is 125 Å². The number of nitrogens with one attached hydrogen (secondary N) is 1. The van der Waals surface area contributed by atoms with Crippen LogP contribution in [0.5, 0.6) is 0 Å². The molecule has 4 nitrogen and oxygen atoms in total. The van der Waals surface area contributed by atoms with Gasteiger partial charge < -0.3 is 19.9 Å². The van der Waals surface area contributed by atoms with E-state index in [1.807, 2.05) is 0 Å². The molecule has 0 saturated carbocycles. The molecule has 0 radical (unpaired) electrons. The molecule has 0 aliphatic heterocycles. The highest BCUT2D eigenvalue weighted by Gasteiger charge is 2.19. The summed E-state index contributed by atoms with van der Waals surface area (Å²) in [5, 5.41) is 13.1. The summed E-state index contributed by atoms with van der Waals surface area (Å²) in [6, 6.07) is 0. The Bertz CT molecular complexity index is 216. The molecule has 0 rings (SSSR count). The average molecular weight is 289 g/mol. The number of ether oxygens (including phenoxy) is 2. The van der Waals surface area contributed by atoms with Crippen LogP contribution in [-0.2, 0) is 9.47 Å². The number of aliphatic hydroxyl groups excluding tert-OH is 1. The van der Waals surface area contributed by atoms with Crippen LogP contribution in [0.3, 0.4) is 0 Å². The first-order valence-electron chi connectivity index (χ1n) is 7.92. The summed E-state index contributed by atoms with van der Waals surface area (Å²) in [5.74, 6) is 0.572. The van der Waals surface area contributed by atoms with Crippen molar-refractivity contribution in [3.63, 3.8) is 0 Å². The largest absolute Gasteiger partial charge is 0.389 e. The van der Waals surface area contributed by atoms with Gasteiger partial charge in [0.2, 0.25) is 0 Å². The van der Waals surface area contributed by atoms with E-state index in [4.69, 9.17) is 9.47 Å². The van der Waals surface area contributed by atoms with Crippen LogP contribution in [-0.4, -0.2) is 50.7 Å². The number of unbranched alkanes of at least 4 members (excludes halogenated alkanes) is 1. The van der Waals surface area contributed by atoms with Gasteiger partial charge in [0.05, 0.1) is 25.9 Å². The van der Waals surface area contributed by atoms with Crippen LogP contribution in [0.1, 0.15) is 47.5 Å². The smallest absolute Gasteiger partial charge is 0.0897 e. The SMILES string of the molecule is CCCCOCCOCC(O)CNCC(C)C(C)(C)C. The number of aliphatic hydroxyl groups is 1. The van der Waals surface area contributed by atoms with Crippen LogP contribution in [0.25, 0.3) is 0 Å². The summed E-state index contributed by atoms with van der Waals surface area (Å²) in [5.41, 5.74) is 0.296. The van der Waals surface area contributed by atoms with Crippen molar-refractivity contribution in [1.29, 1.82) is 0 Å². The van der Waals surface area contributed by atoms with E-state index < -0.39 is 6.10 Å². The molecule has 20 heavy (non-hydrogen) atoms. The minimum Gasteiger partial charge on any atom is -0.389 e. The summed E-state index contributed by atoms with van der Waals surface area (Å²) in [6.45, 7) is 14.9. The molecular formula is C16H35NO3. The zero-order valence-corrected chi connectivity index (χ0v) is 14.1. The highest BCUT2D eigenvalue weighted by molar-refractivity contribution is 4.72. The lowest BCUT2D eigenvalue weighted by atomic mass is 9.82. The molecule has 2 unspecified atom stereocenters. The molecule has 0 amide bonds. The molecule has 0 spiro atoms. The monoisotopic (exact) mass is 289 g/mol. The molecular weight excluding hydrogens is 254 g/mol. The summed E-state index contributed by atoms with van der Waals surface area (Å²) < 4.78 is 10.8. The normalized spacial score (nSPS) is 15.3. The van der Waals surface area contributed by atoms with Gasteiger partial charge in [-0.2, -0.15) is 0 Å². The quantitative estimate of drug-likeness (QED) is 0.542. The van der Waals surface area contributed by atoms with Crippen LogP contribution in [0, 0.1) is 11.3 Å². The molecule has 2 atom stereocenters. The fourth-order valence-electron chi connectivity index (χ4n) is 1.52. The zero-order valence-electron chi connectivity index (χ0n) is 14.1. The van der Waals surface area contributed by atoms with Crippen molar-refractivity contribution < 1.29 is 14.6 Å². The molecule has 0 bridgehead atoms. The van der Waals surface area contributed by atoms with E-state index in [-0.39, 0.29) is 0 Å². The fraction of sp³-hybridized carbons (Fsp3) is 1.00. The standard InChI is InChI=1S/C16H35NO3/c1-6-7-8-19-9-10-20-13-15(18)12-17-11-14(2)16(3,4)5/h14-15,17-18H,6-13H2,1-5H3. The van der Waals surface area contributed by atoms with Gasteiger partial charge in [0.1, 0.15) is 0 Å². The fourth-order valence-corrected chi connectivity index (χ4v) is 1.52. The third-order valence-corrected chi connectivity index (χ3v) is 3.63. The van der Waals surface area contributed by atoms with Crippen molar-refractivity contribution in [1.82, 2.24) is 5.32 Å². The van der Waals surface area contributed by atoms with E-state index in [0.717, 1.165) is 26.0 Å². The Morgan fingerprint density at radius 1 is 1.05 bits per heavy atom. The molecule has 0 aliphatic rings. The molecule has 0 fully saturated rings. The Hall–Kier alpha value is -0.160. The van der Waals surface area contributed by atoms with Gasteiger partial charge in [-0.15, -0.1) is 0 Å². The maximum atomic E-state index is 9.78. The Kier molecular flexibility index (Phi) is 11.4. The number of rotatable bonds is 12. The second kappa shape index (κ2) is 11.5. The topological polar surface area (TPSA) is 50.7 Å². The molecule has 122 valence electrons. The molecule has 0 aliphatic carbocycles. The minimum atomic E-state index is -0.446. The van der Waals surface area contributed by atoms with E-state index in [1.165, 1.54) is 0 Å². The van der Waals surface area contributed by atoms with Gasteiger partial charge in [-0.05, 0) is 24.3 Å². The maximum absolute atomic E-state index is 9.78. The van der Waals surface area contributed by atoms with Crippen molar-refractivity contribution >= 4 is 0 Å².